The summed E-state index contributed by atoms with van der Waals surface area (Å²) in [5, 5.41) is 13.5. The van der Waals surface area contributed by atoms with Gasteiger partial charge in [0, 0.05) is 25.1 Å². The van der Waals surface area contributed by atoms with E-state index in [1.54, 1.807) is 35.8 Å². The van der Waals surface area contributed by atoms with Crippen LogP contribution in [0.1, 0.15) is 15.9 Å². The molecule has 2 aromatic heterocycles. The fourth-order valence-electron chi connectivity index (χ4n) is 2.32. The van der Waals surface area contributed by atoms with E-state index in [0.717, 1.165) is 11.1 Å². The number of nitrogen functional groups attached to an aromatic ring is 1. The van der Waals surface area contributed by atoms with Crippen molar-refractivity contribution in [2.24, 2.45) is 0 Å². The molecule has 1 aromatic carbocycles. The summed E-state index contributed by atoms with van der Waals surface area (Å²) in [6, 6.07) is 6.99. The van der Waals surface area contributed by atoms with Crippen molar-refractivity contribution in [2.75, 3.05) is 5.73 Å². The van der Waals surface area contributed by atoms with Gasteiger partial charge in [-0.3, -0.25) is 0 Å². The van der Waals surface area contributed by atoms with Gasteiger partial charge in [0.25, 0.3) is 0 Å². The molecule has 22 heavy (non-hydrogen) atoms. The molecule has 0 saturated heterocycles. The van der Waals surface area contributed by atoms with E-state index in [9.17, 15) is 9.90 Å². The largest absolute Gasteiger partial charge is 0.478 e. The Hall–Kier alpha value is -2.00. The van der Waals surface area contributed by atoms with Crippen LogP contribution < -0.4 is 5.73 Å². The maximum atomic E-state index is 11.3. The normalized spacial score (nSPS) is 10.5. The molecule has 1 radical (unpaired) electrons. The van der Waals surface area contributed by atoms with Gasteiger partial charge in [0.15, 0.2) is 5.65 Å². The number of carboxylic acid groups (broad SMARTS) is 1. The number of nitrogens with zero attached hydrogens (tertiary/aromatic N) is 3. The molecular weight excluding hydrogens is 299 g/mol. The predicted octanol–water partition coefficient (Wildman–Crippen LogP) is 2.26. The number of aromatic nitrogens is 3. The molecule has 0 aliphatic heterocycles. The van der Waals surface area contributed by atoms with Crippen molar-refractivity contribution < 1.29 is 9.90 Å². The zero-order valence-electron chi connectivity index (χ0n) is 12.0. The van der Waals surface area contributed by atoms with Gasteiger partial charge >= 0.3 is 5.97 Å². The van der Waals surface area contributed by atoms with Gasteiger partial charge in [-0.1, -0.05) is 17.7 Å². The molecule has 0 saturated carbocycles. The van der Waals surface area contributed by atoms with E-state index < -0.39 is 5.97 Å². The van der Waals surface area contributed by atoms with Crippen molar-refractivity contribution in [3.8, 4) is 11.1 Å². The number of aromatic carboxylic acids is 1. The van der Waals surface area contributed by atoms with Crippen LogP contribution in [0, 0.1) is 6.92 Å². The Labute approximate surface area is 143 Å². The molecule has 0 aliphatic carbocycles. The third kappa shape index (κ3) is 2.69. The Morgan fingerprint density at radius 2 is 2.09 bits per heavy atom. The summed E-state index contributed by atoms with van der Waals surface area (Å²) in [7, 11) is 0. The number of halogens is 1. The summed E-state index contributed by atoms with van der Waals surface area (Å²) in [4.78, 5) is 15.4. The van der Waals surface area contributed by atoms with Crippen molar-refractivity contribution in [3.05, 3.63) is 46.6 Å². The maximum absolute atomic E-state index is 11.3. The monoisotopic (exact) mass is 309 g/mol. The van der Waals surface area contributed by atoms with Crippen LogP contribution in [0.25, 0.3) is 16.8 Å². The van der Waals surface area contributed by atoms with Gasteiger partial charge in [0.1, 0.15) is 0 Å². The van der Waals surface area contributed by atoms with Crippen molar-refractivity contribution in [1.82, 2.24) is 14.6 Å². The summed E-state index contributed by atoms with van der Waals surface area (Å²) < 4.78 is 1.56. The van der Waals surface area contributed by atoms with Crippen LogP contribution in [0.3, 0.4) is 0 Å². The first-order chi connectivity index (χ1) is 9.97. The molecule has 3 rings (SSSR count). The van der Waals surface area contributed by atoms with Crippen LogP contribution in [-0.4, -0.2) is 44.5 Å². The number of nitrogens with two attached hydrogens (primary N) is 1. The fraction of sp³-hybridized carbons (Fsp3) is 0.0714. The Morgan fingerprint density at radius 1 is 1.36 bits per heavy atom. The zero-order valence-corrected chi connectivity index (χ0v) is 12.8. The van der Waals surface area contributed by atoms with Gasteiger partial charge < -0.3 is 10.8 Å². The Balaban J connectivity index is 0.00000176. The van der Waals surface area contributed by atoms with E-state index in [-0.39, 0.29) is 35.4 Å². The summed E-state index contributed by atoms with van der Waals surface area (Å²) in [6.45, 7) is 1.73. The van der Waals surface area contributed by atoms with Gasteiger partial charge in [-0.2, -0.15) is 4.98 Å². The molecule has 2 heterocycles. The van der Waals surface area contributed by atoms with Crippen molar-refractivity contribution in [3.63, 3.8) is 0 Å². The second-order valence-corrected chi connectivity index (χ2v) is 5.00. The minimum atomic E-state index is -1.05. The molecule has 107 valence electrons. The smallest absolute Gasteiger partial charge is 0.337 e. The van der Waals surface area contributed by atoms with Gasteiger partial charge in [-0.25, -0.2) is 9.31 Å². The number of hydrogen-bond acceptors (Lipinski definition) is 4. The maximum Gasteiger partial charge on any atom is 0.337 e. The molecule has 0 amide bonds. The summed E-state index contributed by atoms with van der Waals surface area (Å²) in [6.07, 6.45) is 1.72. The molecule has 3 N–H and O–H groups in total. The predicted molar refractivity (Wildman–Crippen MR) is 85.3 cm³/mol. The average molecular weight is 310 g/mol. The first kappa shape index (κ1) is 16.4. The topological polar surface area (TPSA) is 93.5 Å². The van der Waals surface area contributed by atoms with Crippen LogP contribution in [0.5, 0.6) is 0 Å². The van der Waals surface area contributed by atoms with Crippen molar-refractivity contribution in [1.29, 1.82) is 0 Å². The summed E-state index contributed by atoms with van der Waals surface area (Å²) >= 11 is 5.96. The molecule has 0 spiro atoms. The zero-order chi connectivity index (χ0) is 15.1. The molecule has 3 aromatic rings. The second-order valence-electron chi connectivity index (χ2n) is 4.59. The van der Waals surface area contributed by atoms with Gasteiger partial charge in [0.2, 0.25) is 5.95 Å². The van der Waals surface area contributed by atoms with Crippen molar-refractivity contribution in [2.45, 2.75) is 6.92 Å². The van der Waals surface area contributed by atoms with Gasteiger partial charge in [-0.05, 0) is 41.8 Å². The van der Waals surface area contributed by atoms with Crippen molar-refractivity contribution >= 4 is 48.0 Å². The van der Waals surface area contributed by atoms with E-state index in [1.807, 2.05) is 6.07 Å². The third-order valence-corrected chi connectivity index (χ3v) is 3.61. The fourth-order valence-corrected chi connectivity index (χ4v) is 2.61. The minimum Gasteiger partial charge on any atom is -0.478 e. The molecule has 8 heteroatoms. The number of carboxylic acids is 1. The molecule has 0 unspecified atom stereocenters. The molecule has 6 nitrogen and oxygen atoms in total. The molecule has 0 fully saturated rings. The molecule has 0 aliphatic rings. The minimum absolute atomic E-state index is 0. The standard InChI is InChI=1S/C14H11ClN4O2.Li/c1-7-9(2-3-10(15)12(7)13(20)21)8-4-5-19-11(6-8)17-14(16)18-19;/h2-6H,1H3,(H2,16,18)(H,20,21);. The van der Waals surface area contributed by atoms with E-state index in [2.05, 4.69) is 10.1 Å². The van der Waals surface area contributed by atoms with Gasteiger partial charge in [-0.15, -0.1) is 5.10 Å². The molecular formula is C14H11ClLiN4O2. The van der Waals surface area contributed by atoms with E-state index >= 15 is 0 Å². The Kier molecular flexibility index (Phi) is 4.47. The molecule has 0 bridgehead atoms. The summed E-state index contributed by atoms with van der Waals surface area (Å²) in [5.74, 6) is -0.863. The van der Waals surface area contributed by atoms with Crippen LogP contribution in [-0.2, 0) is 0 Å². The van der Waals surface area contributed by atoms with E-state index in [1.165, 1.54) is 0 Å². The first-order valence-corrected chi connectivity index (χ1v) is 6.50. The van der Waals surface area contributed by atoms with Crippen LogP contribution >= 0.6 is 11.6 Å². The number of hydrogen-bond donors (Lipinski definition) is 2. The number of fused-ring (bicyclic) bond motifs is 1. The Bertz CT molecular complexity index is 879. The van der Waals surface area contributed by atoms with Gasteiger partial charge in [0.05, 0.1) is 10.6 Å². The number of rotatable bonds is 2. The average Bonchev–Trinajstić information content (AvgIpc) is 2.77. The van der Waals surface area contributed by atoms with Crippen LogP contribution in [0.15, 0.2) is 30.5 Å². The number of pyridine rings is 1. The quantitative estimate of drug-likeness (QED) is 0.708. The van der Waals surface area contributed by atoms with Crippen LogP contribution in [0.2, 0.25) is 5.02 Å². The van der Waals surface area contributed by atoms with E-state index in [4.69, 9.17) is 17.3 Å². The number of anilines is 1. The van der Waals surface area contributed by atoms with E-state index in [0.29, 0.717) is 11.2 Å². The SMILES string of the molecule is Cc1c(-c2ccn3nc(N)nc3c2)ccc(Cl)c1C(=O)O.[Li]. The molecule has 0 atom stereocenters. The van der Waals surface area contributed by atoms with Crippen LogP contribution in [0.4, 0.5) is 5.95 Å². The Morgan fingerprint density at radius 3 is 2.77 bits per heavy atom. The first-order valence-electron chi connectivity index (χ1n) is 6.12. The third-order valence-electron chi connectivity index (χ3n) is 3.29. The number of carbonyl (C=O) groups is 1. The number of benzene rings is 1. The second kappa shape index (κ2) is 6.01. The summed E-state index contributed by atoms with van der Waals surface area (Å²) in [5.41, 5.74) is 8.46.